The van der Waals surface area contributed by atoms with Gasteiger partial charge >= 0.3 is 0 Å². The minimum Gasteiger partial charge on any atom is -0.489 e. The third-order valence-corrected chi connectivity index (χ3v) is 5.35. The maximum atomic E-state index is 12.5. The minimum atomic E-state index is 0.214. The van der Waals surface area contributed by atoms with Gasteiger partial charge in [-0.1, -0.05) is 48.5 Å². The molecule has 0 radical (unpaired) electrons. The second-order valence-electron chi connectivity index (χ2n) is 7.62. The molecule has 0 bridgehead atoms. The fourth-order valence-electron chi connectivity index (χ4n) is 3.64. The summed E-state index contributed by atoms with van der Waals surface area (Å²) in [5.41, 5.74) is 3.47. The Morgan fingerprint density at radius 1 is 0.800 bits per heavy atom. The van der Waals surface area contributed by atoms with Crippen molar-refractivity contribution in [3.05, 3.63) is 95.8 Å². The van der Waals surface area contributed by atoms with E-state index in [2.05, 4.69) is 34.1 Å². The molecular weight excluding hydrogens is 374 g/mol. The number of hydrogen-bond acceptors (Lipinski definition) is 4. The molecule has 0 aliphatic carbocycles. The van der Waals surface area contributed by atoms with Gasteiger partial charge in [0.2, 0.25) is 5.91 Å². The normalized spacial score (nSPS) is 15.1. The van der Waals surface area contributed by atoms with E-state index in [1.54, 1.807) is 6.20 Å². The summed E-state index contributed by atoms with van der Waals surface area (Å²) in [6.45, 7) is 4.45. The highest BCUT2D eigenvalue weighted by Gasteiger charge is 2.21. The molecule has 1 aliphatic heterocycles. The first kappa shape index (κ1) is 20.1. The summed E-state index contributed by atoms with van der Waals surface area (Å²) in [6.07, 6.45) is 4.14. The molecule has 2 heterocycles. The van der Waals surface area contributed by atoms with Crippen molar-refractivity contribution >= 4 is 5.91 Å². The number of carbonyl (C=O) groups is 1. The summed E-state index contributed by atoms with van der Waals surface area (Å²) >= 11 is 0. The van der Waals surface area contributed by atoms with Crippen molar-refractivity contribution in [2.45, 2.75) is 26.1 Å². The Balaban J connectivity index is 1.28. The summed E-state index contributed by atoms with van der Waals surface area (Å²) in [6, 6.07) is 22.4. The van der Waals surface area contributed by atoms with E-state index < -0.39 is 0 Å². The number of ether oxygens (including phenoxy) is 1. The van der Waals surface area contributed by atoms with Crippen LogP contribution in [0.4, 0.5) is 0 Å². The lowest BCUT2D eigenvalue weighted by molar-refractivity contribution is -0.130. The summed E-state index contributed by atoms with van der Waals surface area (Å²) in [7, 11) is 0. The Morgan fingerprint density at radius 2 is 1.60 bits per heavy atom. The molecule has 1 amide bonds. The van der Waals surface area contributed by atoms with Crippen LogP contribution in [0.1, 0.15) is 23.1 Å². The van der Waals surface area contributed by atoms with Gasteiger partial charge in [0, 0.05) is 51.5 Å². The number of pyridine rings is 1. The predicted octanol–water partition coefficient (Wildman–Crippen LogP) is 3.90. The summed E-state index contributed by atoms with van der Waals surface area (Å²) < 4.78 is 5.87. The van der Waals surface area contributed by atoms with E-state index in [0.717, 1.165) is 43.1 Å². The molecule has 154 valence electrons. The van der Waals surface area contributed by atoms with Crippen LogP contribution in [0, 0.1) is 0 Å². The van der Waals surface area contributed by atoms with Crippen LogP contribution in [-0.2, 0) is 24.5 Å². The van der Waals surface area contributed by atoms with Gasteiger partial charge in [-0.25, -0.2) is 0 Å². The van der Waals surface area contributed by atoms with Crippen LogP contribution < -0.4 is 4.74 Å². The van der Waals surface area contributed by atoms with Gasteiger partial charge in [-0.2, -0.15) is 0 Å². The molecule has 5 heteroatoms. The Labute approximate surface area is 177 Å². The number of nitrogens with zero attached hydrogens (tertiary/aromatic N) is 3. The van der Waals surface area contributed by atoms with Crippen LogP contribution in [0.2, 0.25) is 0 Å². The Morgan fingerprint density at radius 3 is 2.37 bits per heavy atom. The van der Waals surface area contributed by atoms with Crippen molar-refractivity contribution in [1.29, 1.82) is 0 Å². The first-order valence-corrected chi connectivity index (χ1v) is 10.4. The molecule has 1 aromatic heterocycles. The zero-order chi connectivity index (χ0) is 20.6. The zero-order valence-electron chi connectivity index (χ0n) is 17.1. The average molecular weight is 402 g/mol. The van der Waals surface area contributed by atoms with Gasteiger partial charge in [0.05, 0.1) is 0 Å². The molecule has 0 saturated carbocycles. The molecule has 30 heavy (non-hydrogen) atoms. The van der Waals surface area contributed by atoms with E-state index in [1.807, 2.05) is 53.6 Å². The van der Waals surface area contributed by atoms with E-state index in [9.17, 15) is 4.79 Å². The SMILES string of the molecule is O=C1CCN(Cc2ccc(OCc3ccccc3)cc2)CCN1Cc1cccnc1. The number of carbonyl (C=O) groups excluding carboxylic acids is 1. The van der Waals surface area contributed by atoms with Crippen LogP contribution in [0.25, 0.3) is 0 Å². The van der Waals surface area contributed by atoms with Crippen LogP contribution >= 0.6 is 0 Å². The highest BCUT2D eigenvalue weighted by atomic mass is 16.5. The van der Waals surface area contributed by atoms with Crippen molar-refractivity contribution in [2.24, 2.45) is 0 Å². The van der Waals surface area contributed by atoms with Gasteiger partial charge in [-0.15, -0.1) is 0 Å². The van der Waals surface area contributed by atoms with Crippen molar-refractivity contribution in [3.8, 4) is 5.75 Å². The average Bonchev–Trinajstić information content (AvgIpc) is 2.96. The largest absolute Gasteiger partial charge is 0.489 e. The molecule has 0 atom stereocenters. The molecule has 4 rings (SSSR count). The summed E-state index contributed by atoms with van der Waals surface area (Å²) in [5, 5.41) is 0. The molecule has 0 spiro atoms. The Bertz CT molecular complexity index is 930. The molecular formula is C25H27N3O2. The zero-order valence-corrected chi connectivity index (χ0v) is 17.1. The van der Waals surface area contributed by atoms with Crippen molar-refractivity contribution in [1.82, 2.24) is 14.8 Å². The van der Waals surface area contributed by atoms with E-state index >= 15 is 0 Å². The smallest absolute Gasteiger partial charge is 0.224 e. The quantitative estimate of drug-likeness (QED) is 0.602. The highest BCUT2D eigenvalue weighted by molar-refractivity contribution is 5.76. The van der Waals surface area contributed by atoms with Gasteiger partial charge in [-0.3, -0.25) is 14.7 Å². The molecule has 0 unspecified atom stereocenters. The number of amides is 1. The second-order valence-corrected chi connectivity index (χ2v) is 7.62. The molecule has 2 aromatic carbocycles. The van der Waals surface area contributed by atoms with Crippen LogP contribution in [0.3, 0.4) is 0 Å². The molecule has 3 aromatic rings. The monoisotopic (exact) mass is 401 g/mol. The van der Waals surface area contributed by atoms with Gasteiger partial charge in [0.25, 0.3) is 0 Å². The molecule has 1 aliphatic rings. The Kier molecular flexibility index (Phi) is 6.72. The summed E-state index contributed by atoms with van der Waals surface area (Å²) in [4.78, 5) is 21.0. The minimum absolute atomic E-state index is 0.214. The first-order chi connectivity index (χ1) is 14.8. The standard InChI is InChI=1S/C25H27N3O2/c29-25-12-14-27(15-16-28(25)19-23-7-4-13-26-17-23)18-21-8-10-24(11-9-21)30-20-22-5-2-1-3-6-22/h1-11,13,17H,12,14-16,18-20H2. The number of aromatic nitrogens is 1. The molecule has 1 saturated heterocycles. The highest BCUT2D eigenvalue weighted by Crippen LogP contribution is 2.17. The van der Waals surface area contributed by atoms with Crippen LogP contribution in [0.5, 0.6) is 5.75 Å². The molecule has 0 N–H and O–H groups in total. The van der Waals surface area contributed by atoms with Crippen molar-refractivity contribution < 1.29 is 9.53 Å². The fourth-order valence-corrected chi connectivity index (χ4v) is 3.64. The fraction of sp³-hybridized carbons (Fsp3) is 0.280. The van der Waals surface area contributed by atoms with Crippen LogP contribution in [0.15, 0.2) is 79.1 Å². The van der Waals surface area contributed by atoms with Crippen molar-refractivity contribution in [2.75, 3.05) is 19.6 Å². The van der Waals surface area contributed by atoms with Gasteiger partial charge in [0.15, 0.2) is 0 Å². The number of rotatable bonds is 7. The van der Waals surface area contributed by atoms with E-state index in [-0.39, 0.29) is 5.91 Å². The molecule has 1 fully saturated rings. The van der Waals surface area contributed by atoms with E-state index in [1.165, 1.54) is 5.56 Å². The lowest BCUT2D eigenvalue weighted by Crippen LogP contribution is -2.32. The lowest BCUT2D eigenvalue weighted by Gasteiger charge is -2.22. The topological polar surface area (TPSA) is 45.7 Å². The molecule has 5 nitrogen and oxygen atoms in total. The maximum Gasteiger partial charge on any atom is 0.224 e. The van der Waals surface area contributed by atoms with E-state index in [4.69, 9.17) is 4.74 Å². The second kappa shape index (κ2) is 10.0. The third kappa shape index (κ3) is 5.67. The number of hydrogen-bond donors (Lipinski definition) is 0. The van der Waals surface area contributed by atoms with Crippen molar-refractivity contribution in [3.63, 3.8) is 0 Å². The van der Waals surface area contributed by atoms with Crippen LogP contribution in [-0.4, -0.2) is 40.3 Å². The van der Waals surface area contributed by atoms with Gasteiger partial charge in [0.1, 0.15) is 12.4 Å². The lowest BCUT2D eigenvalue weighted by atomic mass is 10.2. The van der Waals surface area contributed by atoms with E-state index in [0.29, 0.717) is 19.6 Å². The maximum absolute atomic E-state index is 12.5. The first-order valence-electron chi connectivity index (χ1n) is 10.4. The third-order valence-electron chi connectivity index (χ3n) is 5.35. The number of benzene rings is 2. The van der Waals surface area contributed by atoms with Gasteiger partial charge in [-0.05, 0) is 34.9 Å². The predicted molar refractivity (Wildman–Crippen MR) is 117 cm³/mol. The Hall–Kier alpha value is -3.18. The van der Waals surface area contributed by atoms with Gasteiger partial charge < -0.3 is 9.64 Å². The summed E-state index contributed by atoms with van der Waals surface area (Å²) in [5.74, 6) is 1.09.